The van der Waals surface area contributed by atoms with Gasteiger partial charge in [-0.25, -0.2) is 4.99 Å². The van der Waals surface area contributed by atoms with Crippen molar-refractivity contribution in [2.24, 2.45) is 4.99 Å². The van der Waals surface area contributed by atoms with Crippen LogP contribution in [0.1, 0.15) is 19.4 Å². The molecule has 0 fully saturated rings. The largest absolute Gasteiger partial charge is 0.494 e. The molecule has 0 saturated carbocycles. The van der Waals surface area contributed by atoms with Crippen LogP contribution in [0.3, 0.4) is 0 Å². The summed E-state index contributed by atoms with van der Waals surface area (Å²) in [6.45, 7) is 4.72. The van der Waals surface area contributed by atoms with Crippen LogP contribution >= 0.6 is 11.6 Å². The van der Waals surface area contributed by atoms with Gasteiger partial charge in [0.25, 0.3) is 0 Å². The van der Waals surface area contributed by atoms with E-state index in [2.05, 4.69) is 19.1 Å². The monoisotopic (exact) mass is 403 g/mol. The molecule has 0 unspecified atom stereocenters. The summed E-state index contributed by atoms with van der Waals surface area (Å²) in [6.07, 6.45) is 1.01. The molecule has 4 rings (SSSR count). The van der Waals surface area contributed by atoms with Gasteiger partial charge in [-0.1, -0.05) is 30.7 Å². The summed E-state index contributed by atoms with van der Waals surface area (Å²) in [5, 5.41) is 2.44. The molecular weight excluding hydrogens is 382 g/mol. The van der Waals surface area contributed by atoms with Crippen LogP contribution in [0, 0.1) is 0 Å². The van der Waals surface area contributed by atoms with E-state index >= 15 is 0 Å². The first-order valence-corrected chi connectivity index (χ1v) is 10.1. The Labute approximate surface area is 175 Å². The quantitative estimate of drug-likeness (QED) is 0.361. The van der Waals surface area contributed by atoms with Gasteiger partial charge in [-0.2, -0.15) is 0 Å². The van der Waals surface area contributed by atoms with Crippen molar-refractivity contribution in [3.63, 3.8) is 0 Å². The average molecular weight is 404 g/mol. The molecular formula is C25H22ClNO2. The number of hydrogen-bond acceptors (Lipinski definition) is 3. The highest BCUT2D eigenvalue weighted by atomic mass is 35.5. The van der Waals surface area contributed by atoms with Crippen molar-refractivity contribution in [2.45, 2.75) is 20.3 Å². The Morgan fingerprint density at radius 2 is 1.66 bits per heavy atom. The minimum atomic E-state index is 0.608. The molecule has 4 aromatic rings. The molecule has 1 heterocycles. The standard InChI is InChI=1S/C25H22ClNO2/c1-3-17-5-11-20(12-6-17)27-23-16-25(18-7-9-19(26)10-8-18)29-24-14-13-21(28-4-2)15-22(23)24/h5-16H,3-4H2,1-2H3. The van der Waals surface area contributed by atoms with Crippen molar-refractivity contribution in [2.75, 3.05) is 6.61 Å². The molecule has 0 atom stereocenters. The first kappa shape index (κ1) is 19.3. The minimum absolute atomic E-state index is 0.608. The van der Waals surface area contributed by atoms with Gasteiger partial charge in [-0.05, 0) is 73.5 Å². The molecule has 0 aliphatic rings. The van der Waals surface area contributed by atoms with Crippen molar-refractivity contribution in [3.8, 4) is 17.1 Å². The summed E-state index contributed by atoms with van der Waals surface area (Å²) in [6, 6.07) is 23.7. The number of ether oxygens (including phenoxy) is 1. The molecule has 0 spiro atoms. The van der Waals surface area contributed by atoms with Gasteiger partial charge in [0.05, 0.1) is 17.7 Å². The fourth-order valence-corrected chi connectivity index (χ4v) is 3.32. The van der Waals surface area contributed by atoms with Crippen LogP contribution in [-0.2, 0) is 6.42 Å². The summed E-state index contributed by atoms with van der Waals surface area (Å²) in [5.41, 5.74) is 3.89. The van der Waals surface area contributed by atoms with Gasteiger partial charge < -0.3 is 9.15 Å². The van der Waals surface area contributed by atoms with Crippen molar-refractivity contribution in [3.05, 3.63) is 88.7 Å². The highest BCUT2D eigenvalue weighted by Gasteiger charge is 2.08. The lowest BCUT2D eigenvalue weighted by atomic mass is 10.1. The van der Waals surface area contributed by atoms with Crippen molar-refractivity contribution in [1.29, 1.82) is 0 Å². The van der Waals surface area contributed by atoms with Crippen LogP contribution in [0.4, 0.5) is 5.69 Å². The Morgan fingerprint density at radius 1 is 0.897 bits per heavy atom. The van der Waals surface area contributed by atoms with E-state index in [9.17, 15) is 0 Å². The van der Waals surface area contributed by atoms with Gasteiger partial charge in [-0.15, -0.1) is 0 Å². The number of halogens is 1. The molecule has 0 N–H and O–H groups in total. The van der Waals surface area contributed by atoms with Gasteiger partial charge in [-0.3, -0.25) is 0 Å². The molecule has 146 valence electrons. The maximum Gasteiger partial charge on any atom is 0.137 e. The van der Waals surface area contributed by atoms with E-state index in [1.165, 1.54) is 5.56 Å². The predicted molar refractivity (Wildman–Crippen MR) is 119 cm³/mol. The first-order valence-electron chi connectivity index (χ1n) is 9.76. The topological polar surface area (TPSA) is 34.7 Å². The second-order valence-corrected chi connectivity index (χ2v) is 7.16. The van der Waals surface area contributed by atoms with Crippen LogP contribution in [0.5, 0.6) is 5.75 Å². The van der Waals surface area contributed by atoms with Crippen LogP contribution < -0.4 is 10.1 Å². The van der Waals surface area contributed by atoms with Crippen molar-refractivity contribution >= 4 is 28.3 Å². The summed E-state index contributed by atoms with van der Waals surface area (Å²) in [7, 11) is 0. The maximum absolute atomic E-state index is 6.18. The minimum Gasteiger partial charge on any atom is -0.494 e. The third-order valence-corrected chi connectivity index (χ3v) is 5.00. The smallest absolute Gasteiger partial charge is 0.137 e. The lowest BCUT2D eigenvalue weighted by Crippen LogP contribution is -2.04. The first-order chi connectivity index (χ1) is 14.2. The fourth-order valence-electron chi connectivity index (χ4n) is 3.20. The third-order valence-electron chi connectivity index (χ3n) is 4.75. The van der Waals surface area contributed by atoms with E-state index in [4.69, 9.17) is 25.7 Å². The summed E-state index contributed by atoms with van der Waals surface area (Å²) >= 11 is 6.04. The number of hydrogen-bond donors (Lipinski definition) is 0. The SMILES string of the molecule is CCOc1ccc2oc(-c3ccc(Cl)cc3)cc(=Nc3ccc(CC)cc3)c2c1. The highest BCUT2D eigenvalue weighted by molar-refractivity contribution is 6.30. The zero-order chi connectivity index (χ0) is 20.2. The van der Waals surface area contributed by atoms with Gasteiger partial charge in [0, 0.05) is 22.0 Å². The van der Waals surface area contributed by atoms with Gasteiger partial charge >= 0.3 is 0 Å². The lowest BCUT2D eigenvalue weighted by Gasteiger charge is -2.08. The lowest BCUT2D eigenvalue weighted by molar-refractivity contribution is 0.340. The molecule has 0 aliphatic carbocycles. The normalized spacial score (nSPS) is 11.8. The molecule has 3 nitrogen and oxygen atoms in total. The number of benzene rings is 3. The Hall–Kier alpha value is -3.04. The van der Waals surface area contributed by atoms with E-state index < -0.39 is 0 Å². The predicted octanol–water partition coefficient (Wildman–Crippen LogP) is 6.95. The number of rotatable bonds is 5. The molecule has 4 heteroatoms. The second kappa shape index (κ2) is 8.54. The van der Waals surface area contributed by atoms with E-state index in [-0.39, 0.29) is 0 Å². The molecule has 0 saturated heterocycles. The molecule has 3 aromatic carbocycles. The summed E-state index contributed by atoms with van der Waals surface area (Å²) in [5.74, 6) is 1.54. The molecule has 0 amide bonds. The number of nitrogens with zero attached hydrogens (tertiary/aromatic N) is 1. The number of aryl methyl sites for hydroxylation is 1. The van der Waals surface area contributed by atoms with Gasteiger partial charge in [0.1, 0.15) is 17.1 Å². The Morgan fingerprint density at radius 3 is 2.34 bits per heavy atom. The summed E-state index contributed by atoms with van der Waals surface area (Å²) in [4.78, 5) is 4.91. The molecule has 29 heavy (non-hydrogen) atoms. The Kier molecular flexibility index (Phi) is 5.68. The van der Waals surface area contributed by atoms with E-state index in [0.717, 1.165) is 45.5 Å². The second-order valence-electron chi connectivity index (χ2n) is 6.73. The molecule has 0 aliphatic heterocycles. The zero-order valence-electron chi connectivity index (χ0n) is 16.5. The fraction of sp³-hybridized carbons (Fsp3) is 0.160. The molecule has 0 bridgehead atoms. The Bertz CT molecular complexity index is 1190. The zero-order valence-corrected chi connectivity index (χ0v) is 17.2. The summed E-state index contributed by atoms with van der Waals surface area (Å²) < 4.78 is 11.9. The van der Waals surface area contributed by atoms with Crippen LogP contribution in [0.15, 0.2) is 82.2 Å². The third kappa shape index (κ3) is 4.36. The van der Waals surface area contributed by atoms with Gasteiger partial charge in [0.15, 0.2) is 0 Å². The van der Waals surface area contributed by atoms with E-state index in [1.807, 2.05) is 67.6 Å². The van der Waals surface area contributed by atoms with Crippen molar-refractivity contribution in [1.82, 2.24) is 0 Å². The van der Waals surface area contributed by atoms with Crippen molar-refractivity contribution < 1.29 is 9.15 Å². The van der Waals surface area contributed by atoms with Crippen LogP contribution in [0.25, 0.3) is 22.3 Å². The van der Waals surface area contributed by atoms with Gasteiger partial charge in [0.2, 0.25) is 0 Å². The molecule has 0 radical (unpaired) electrons. The van der Waals surface area contributed by atoms with Crippen LogP contribution in [0.2, 0.25) is 5.02 Å². The number of fused-ring (bicyclic) bond motifs is 1. The highest BCUT2D eigenvalue weighted by Crippen LogP contribution is 2.26. The maximum atomic E-state index is 6.18. The van der Waals surface area contributed by atoms with E-state index in [0.29, 0.717) is 11.6 Å². The average Bonchev–Trinajstić information content (AvgIpc) is 2.75. The van der Waals surface area contributed by atoms with Crippen LogP contribution in [-0.4, -0.2) is 6.61 Å². The Balaban J connectivity index is 1.92. The molecule has 1 aromatic heterocycles. The van der Waals surface area contributed by atoms with E-state index in [1.54, 1.807) is 0 Å².